The van der Waals surface area contributed by atoms with Crippen LogP contribution in [0.3, 0.4) is 0 Å². The quantitative estimate of drug-likeness (QED) is 0.897. The summed E-state index contributed by atoms with van der Waals surface area (Å²) in [5.41, 5.74) is 2.30. The van der Waals surface area contributed by atoms with E-state index in [1.165, 1.54) is 18.7 Å². The van der Waals surface area contributed by atoms with Gasteiger partial charge in [-0.1, -0.05) is 6.07 Å². The van der Waals surface area contributed by atoms with Crippen LogP contribution in [0.15, 0.2) is 18.2 Å². The third-order valence-electron chi connectivity index (χ3n) is 2.76. The summed E-state index contributed by atoms with van der Waals surface area (Å²) in [6.07, 6.45) is 1.24. The molecule has 0 amide bonds. The molecule has 1 aliphatic rings. The van der Waals surface area contributed by atoms with Crippen molar-refractivity contribution in [3.63, 3.8) is 0 Å². The molecule has 1 aromatic heterocycles. The fraction of sp³-hybridized carbons (Fsp3) is 0.583. The smallest absolute Gasteiger partial charge is 0.0547 e. The molecule has 5 heteroatoms. The zero-order valence-electron chi connectivity index (χ0n) is 10.2. The van der Waals surface area contributed by atoms with Gasteiger partial charge >= 0.3 is 0 Å². The molecule has 0 atom stereocenters. The van der Waals surface area contributed by atoms with Crippen LogP contribution in [-0.4, -0.2) is 36.1 Å². The van der Waals surface area contributed by atoms with Gasteiger partial charge in [0.1, 0.15) is 0 Å². The number of rotatable bonds is 2. The van der Waals surface area contributed by atoms with E-state index in [1.807, 2.05) is 13.0 Å². The van der Waals surface area contributed by atoms with Crippen LogP contribution in [0.5, 0.6) is 0 Å². The van der Waals surface area contributed by atoms with Crippen molar-refractivity contribution in [3.05, 3.63) is 29.6 Å². The van der Waals surface area contributed by atoms with E-state index in [0.717, 1.165) is 31.9 Å². The van der Waals surface area contributed by atoms with Crippen molar-refractivity contribution in [2.75, 3.05) is 26.2 Å². The monoisotopic (exact) mass is 277 g/mol. The normalized spacial score (nSPS) is 16.5. The van der Waals surface area contributed by atoms with Crippen molar-refractivity contribution < 1.29 is 0 Å². The number of nitrogens with zero attached hydrogens (tertiary/aromatic N) is 2. The van der Waals surface area contributed by atoms with Crippen molar-refractivity contribution in [2.45, 2.75) is 19.9 Å². The predicted octanol–water partition coefficient (Wildman–Crippen LogP) is 2.03. The lowest BCUT2D eigenvalue weighted by Crippen LogP contribution is -2.28. The van der Waals surface area contributed by atoms with Gasteiger partial charge in [-0.15, -0.1) is 24.8 Å². The Bertz CT molecular complexity index is 312. The van der Waals surface area contributed by atoms with Gasteiger partial charge in [0.2, 0.25) is 0 Å². The molecule has 98 valence electrons. The molecular weight excluding hydrogens is 257 g/mol. The fourth-order valence-corrected chi connectivity index (χ4v) is 1.98. The molecule has 2 heterocycles. The zero-order chi connectivity index (χ0) is 10.5. The van der Waals surface area contributed by atoms with Gasteiger partial charge < -0.3 is 5.32 Å². The summed E-state index contributed by atoms with van der Waals surface area (Å²) in [4.78, 5) is 7.01. The molecule has 2 rings (SSSR count). The van der Waals surface area contributed by atoms with Crippen LogP contribution < -0.4 is 5.32 Å². The van der Waals surface area contributed by atoms with Crippen molar-refractivity contribution in [3.8, 4) is 0 Å². The summed E-state index contributed by atoms with van der Waals surface area (Å²) in [7, 11) is 0. The second kappa shape index (κ2) is 8.70. The summed E-state index contributed by atoms with van der Waals surface area (Å²) in [6.45, 7) is 7.61. The Kier molecular flexibility index (Phi) is 8.52. The highest BCUT2D eigenvalue weighted by atomic mass is 35.5. The zero-order valence-corrected chi connectivity index (χ0v) is 11.8. The lowest BCUT2D eigenvalue weighted by molar-refractivity contribution is 0.281. The highest BCUT2D eigenvalue weighted by Crippen LogP contribution is 2.04. The third kappa shape index (κ3) is 5.68. The first-order chi connectivity index (χ1) is 7.34. The van der Waals surface area contributed by atoms with Gasteiger partial charge in [-0.25, -0.2) is 0 Å². The highest BCUT2D eigenvalue weighted by Gasteiger charge is 2.09. The highest BCUT2D eigenvalue weighted by molar-refractivity contribution is 5.85. The Hall–Kier alpha value is -0.350. The molecular formula is C12H21Cl2N3. The number of aromatic nitrogens is 1. The molecule has 0 saturated carbocycles. The van der Waals surface area contributed by atoms with E-state index in [0.29, 0.717) is 0 Å². The summed E-state index contributed by atoms with van der Waals surface area (Å²) >= 11 is 0. The summed E-state index contributed by atoms with van der Waals surface area (Å²) in [5.74, 6) is 0. The number of pyridine rings is 1. The van der Waals surface area contributed by atoms with Gasteiger partial charge in [0, 0.05) is 25.3 Å². The molecule has 1 fully saturated rings. The van der Waals surface area contributed by atoms with E-state index >= 15 is 0 Å². The van der Waals surface area contributed by atoms with Crippen LogP contribution in [0.25, 0.3) is 0 Å². The van der Waals surface area contributed by atoms with E-state index in [-0.39, 0.29) is 24.8 Å². The Morgan fingerprint density at radius 3 is 2.82 bits per heavy atom. The van der Waals surface area contributed by atoms with Crippen LogP contribution in [0.4, 0.5) is 0 Å². The molecule has 0 aromatic carbocycles. The number of halogens is 2. The van der Waals surface area contributed by atoms with E-state index in [2.05, 4.69) is 27.3 Å². The van der Waals surface area contributed by atoms with Gasteiger partial charge in [0.25, 0.3) is 0 Å². The van der Waals surface area contributed by atoms with E-state index in [4.69, 9.17) is 0 Å². The van der Waals surface area contributed by atoms with E-state index < -0.39 is 0 Å². The molecule has 0 radical (unpaired) electrons. The Morgan fingerprint density at radius 1 is 1.24 bits per heavy atom. The van der Waals surface area contributed by atoms with Gasteiger partial charge in [-0.2, -0.15) is 0 Å². The lowest BCUT2D eigenvalue weighted by Gasteiger charge is -2.18. The van der Waals surface area contributed by atoms with Gasteiger partial charge in [-0.3, -0.25) is 9.88 Å². The van der Waals surface area contributed by atoms with Crippen LogP contribution in [0, 0.1) is 6.92 Å². The first-order valence-electron chi connectivity index (χ1n) is 5.70. The van der Waals surface area contributed by atoms with E-state index in [1.54, 1.807) is 0 Å². The Morgan fingerprint density at radius 2 is 2.06 bits per heavy atom. The van der Waals surface area contributed by atoms with Crippen LogP contribution >= 0.6 is 24.8 Å². The molecule has 1 N–H and O–H groups in total. The average Bonchev–Trinajstić information content (AvgIpc) is 2.46. The van der Waals surface area contributed by atoms with Crippen molar-refractivity contribution in [2.24, 2.45) is 0 Å². The number of hydrogen-bond donors (Lipinski definition) is 1. The Labute approximate surface area is 116 Å². The van der Waals surface area contributed by atoms with Crippen molar-refractivity contribution in [1.29, 1.82) is 0 Å². The van der Waals surface area contributed by atoms with Gasteiger partial charge in [0.15, 0.2) is 0 Å². The number of nitrogens with one attached hydrogen (secondary N) is 1. The standard InChI is InChI=1S/C12H19N3.2ClH/c1-11-4-2-5-12(14-11)10-15-8-3-6-13-7-9-15;;/h2,4-5,13H,3,6-10H2,1H3;2*1H. The first kappa shape index (κ1) is 16.6. The SMILES string of the molecule is Cc1cccc(CN2CCCNCC2)n1.Cl.Cl. The summed E-state index contributed by atoms with van der Waals surface area (Å²) in [5, 5.41) is 3.41. The minimum Gasteiger partial charge on any atom is -0.315 e. The van der Waals surface area contributed by atoms with Crippen molar-refractivity contribution >= 4 is 24.8 Å². The average molecular weight is 278 g/mol. The molecule has 0 spiro atoms. The maximum Gasteiger partial charge on any atom is 0.0547 e. The molecule has 3 nitrogen and oxygen atoms in total. The second-order valence-corrected chi connectivity index (χ2v) is 4.15. The van der Waals surface area contributed by atoms with Crippen LogP contribution in [-0.2, 0) is 6.54 Å². The lowest BCUT2D eigenvalue weighted by atomic mass is 10.3. The van der Waals surface area contributed by atoms with Gasteiger partial charge in [0.05, 0.1) is 5.69 Å². The predicted molar refractivity (Wildman–Crippen MR) is 76.2 cm³/mol. The number of aryl methyl sites for hydroxylation is 1. The minimum atomic E-state index is 0. The summed E-state index contributed by atoms with van der Waals surface area (Å²) in [6, 6.07) is 6.26. The largest absolute Gasteiger partial charge is 0.315 e. The van der Waals surface area contributed by atoms with Gasteiger partial charge in [-0.05, 0) is 38.6 Å². The third-order valence-corrected chi connectivity index (χ3v) is 2.76. The Balaban J connectivity index is 0.00000128. The maximum atomic E-state index is 4.54. The molecule has 1 saturated heterocycles. The molecule has 0 bridgehead atoms. The molecule has 0 unspecified atom stereocenters. The molecule has 1 aromatic rings. The minimum absolute atomic E-state index is 0. The topological polar surface area (TPSA) is 28.2 Å². The van der Waals surface area contributed by atoms with Crippen LogP contribution in [0.1, 0.15) is 17.8 Å². The first-order valence-corrected chi connectivity index (χ1v) is 5.70. The molecule has 1 aliphatic heterocycles. The summed E-state index contributed by atoms with van der Waals surface area (Å²) < 4.78 is 0. The number of hydrogen-bond acceptors (Lipinski definition) is 3. The van der Waals surface area contributed by atoms with Crippen molar-refractivity contribution in [1.82, 2.24) is 15.2 Å². The maximum absolute atomic E-state index is 4.54. The fourth-order valence-electron chi connectivity index (χ4n) is 1.98. The second-order valence-electron chi connectivity index (χ2n) is 4.15. The van der Waals surface area contributed by atoms with E-state index in [9.17, 15) is 0 Å². The molecule has 17 heavy (non-hydrogen) atoms. The molecule has 0 aliphatic carbocycles. The van der Waals surface area contributed by atoms with Crippen LogP contribution in [0.2, 0.25) is 0 Å².